The highest BCUT2D eigenvalue weighted by Crippen LogP contribution is 2.05. The molecule has 0 spiro atoms. The van der Waals surface area contributed by atoms with Crippen LogP contribution < -0.4 is 5.32 Å². The number of hydrogen-bond acceptors (Lipinski definition) is 2. The molecule has 3 nitrogen and oxygen atoms in total. The van der Waals surface area contributed by atoms with E-state index in [0.29, 0.717) is 0 Å². The van der Waals surface area contributed by atoms with Crippen molar-refractivity contribution in [2.45, 2.75) is 46.1 Å². The average Bonchev–Trinajstić information content (AvgIpc) is 2.66. The quantitative estimate of drug-likeness (QED) is 0.665. The maximum Gasteiger partial charge on any atom is 0.0948 e. The lowest BCUT2D eigenvalue weighted by Crippen LogP contribution is -2.14. The van der Waals surface area contributed by atoms with Crippen molar-refractivity contribution < 1.29 is 0 Å². The molecule has 0 fully saturated rings. The van der Waals surface area contributed by atoms with Crippen molar-refractivity contribution >= 4 is 0 Å². The number of hydrogen-bond donors (Lipinski definition) is 1. The first-order chi connectivity index (χ1) is 7.38. The summed E-state index contributed by atoms with van der Waals surface area (Å²) in [6, 6.07) is 0. The fraction of sp³-hybridized carbons (Fsp3) is 0.750. The smallest absolute Gasteiger partial charge is 0.0948 e. The third-order valence-electron chi connectivity index (χ3n) is 2.55. The number of nitrogens with zero attached hydrogens (tertiary/aromatic N) is 2. The predicted octanol–water partition coefficient (Wildman–Crippen LogP) is 2.23. The highest BCUT2D eigenvalue weighted by atomic mass is 15.0. The van der Waals surface area contributed by atoms with Crippen LogP contribution in [0.2, 0.25) is 0 Å². The summed E-state index contributed by atoms with van der Waals surface area (Å²) in [7, 11) is 0. The van der Waals surface area contributed by atoms with Gasteiger partial charge in [-0.2, -0.15) is 0 Å². The summed E-state index contributed by atoms with van der Waals surface area (Å²) in [6.45, 7) is 7.67. The van der Waals surface area contributed by atoms with Crippen LogP contribution >= 0.6 is 0 Å². The molecule has 0 aliphatic carbocycles. The van der Waals surface area contributed by atoms with Gasteiger partial charge in [0.1, 0.15) is 0 Å². The first kappa shape index (κ1) is 12.2. The summed E-state index contributed by atoms with van der Waals surface area (Å²) >= 11 is 0. The van der Waals surface area contributed by atoms with Gasteiger partial charge in [0.2, 0.25) is 0 Å². The fourth-order valence-electron chi connectivity index (χ4n) is 1.73. The van der Waals surface area contributed by atoms with Crippen molar-refractivity contribution in [2.24, 2.45) is 0 Å². The fourth-order valence-corrected chi connectivity index (χ4v) is 1.73. The van der Waals surface area contributed by atoms with Crippen molar-refractivity contribution in [1.29, 1.82) is 0 Å². The maximum atomic E-state index is 4.20. The Hall–Kier alpha value is -0.830. The first-order valence-corrected chi connectivity index (χ1v) is 6.08. The number of aryl methyl sites for hydroxylation is 2. The van der Waals surface area contributed by atoms with Gasteiger partial charge in [0.25, 0.3) is 0 Å². The van der Waals surface area contributed by atoms with Gasteiger partial charge in [-0.05, 0) is 38.8 Å². The second-order valence-electron chi connectivity index (χ2n) is 3.89. The number of unbranched alkanes of at least 4 members (excludes halogenated alkanes) is 1. The van der Waals surface area contributed by atoms with Gasteiger partial charge in [-0.25, -0.2) is 4.98 Å². The van der Waals surface area contributed by atoms with E-state index in [4.69, 9.17) is 0 Å². The molecule has 0 bridgehead atoms. The van der Waals surface area contributed by atoms with E-state index in [1.165, 1.54) is 25.0 Å². The van der Waals surface area contributed by atoms with E-state index < -0.39 is 0 Å². The molecule has 0 amide bonds. The molecule has 3 heteroatoms. The largest absolute Gasteiger partial charge is 0.335 e. The van der Waals surface area contributed by atoms with Gasteiger partial charge in [0.05, 0.1) is 6.33 Å². The van der Waals surface area contributed by atoms with E-state index in [-0.39, 0.29) is 0 Å². The lowest BCUT2D eigenvalue weighted by molar-refractivity contribution is 0.603. The Morgan fingerprint density at radius 1 is 1.33 bits per heavy atom. The van der Waals surface area contributed by atoms with Crippen LogP contribution in [-0.2, 0) is 13.0 Å². The normalized spacial score (nSPS) is 10.8. The molecule has 1 rings (SSSR count). The number of nitrogens with one attached hydrogen (secondary N) is 1. The molecule has 0 saturated carbocycles. The predicted molar refractivity (Wildman–Crippen MR) is 64.0 cm³/mol. The number of imidazole rings is 1. The Morgan fingerprint density at radius 3 is 2.93 bits per heavy atom. The zero-order chi connectivity index (χ0) is 10.9. The Balaban J connectivity index is 2.21. The van der Waals surface area contributed by atoms with Crippen molar-refractivity contribution in [2.75, 3.05) is 13.1 Å². The van der Waals surface area contributed by atoms with Gasteiger partial charge in [-0.3, -0.25) is 0 Å². The molecule has 0 aromatic carbocycles. The lowest BCUT2D eigenvalue weighted by atomic mass is 10.2. The lowest BCUT2D eigenvalue weighted by Gasteiger charge is -2.06. The molecule has 1 N–H and O–H groups in total. The molecule has 0 atom stereocenters. The van der Waals surface area contributed by atoms with E-state index in [1.54, 1.807) is 0 Å². The van der Waals surface area contributed by atoms with E-state index in [2.05, 4.69) is 28.7 Å². The van der Waals surface area contributed by atoms with E-state index in [9.17, 15) is 0 Å². The molecule has 0 aliphatic heterocycles. The van der Waals surface area contributed by atoms with Crippen LogP contribution in [0.1, 0.15) is 38.8 Å². The molecule has 0 aliphatic rings. The summed E-state index contributed by atoms with van der Waals surface area (Å²) in [5.74, 6) is 0. The molecular weight excluding hydrogens is 186 g/mol. The summed E-state index contributed by atoms with van der Waals surface area (Å²) in [5, 5.41) is 3.35. The maximum absolute atomic E-state index is 4.20. The Labute approximate surface area is 92.9 Å². The zero-order valence-corrected chi connectivity index (χ0v) is 10.00. The summed E-state index contributed by atoms with van der Waals surface area (Å²) in [5.41, 5.74) is 1.38. The molecule has 1 heterocycles. The summed E-state index contributed by atoms with van der Waals surface area (Å²) in [6.07, 6.45) is 8.80. The van der Waals surface area contributed by atoms with Crippen LogP contribution in [0.4, 0.5) is 0 Å². The van der Waals surface area contributed by atoms with Gasteiger partial charge in [0, 0.05) is 18.4 Å². The second kappa shape index (κ2) is 7.46. The third kappa shape index (κ3) is 4.47. The van der Waals surface area contributed by atoms with Gasteiger partial charge in [0.15, 0.2) is 0 Å². The molecule has 0 saturated heterocycles. The van der Waals surface area contributed by atoms with Gasteiger partial charge >= 0.3 is 0 Å². The van der Waals surface area contributed by atoms with Crippen LogP contribution in [0.25, 0.3) is 0 Å². The third-order valence-corrected chi connectivity index (χ3v) is 2.55. The van der Waals surface area contributed by atoms with Gasteiger partial charge < -0.3 is 9.88 Å². The van der Waals surface area contributed by atoms with Crippen molar-refractivity contribution in [3.05, 3.63) is 18.2 Å². The van der Waals surface area contributed by atoms with Crippen LogP contribution in [0.3, 0.4) is 0 Å². The van der Waals surface area contributed by atoms with Gasteiger partial charge in [-0.15, -0.1) is 0 Å². The minimum Gasteiger partial charge on any atom is -0.335 e. The molecule has 1 aromatic heterocycles. The monoisotopic (exact) mass is 209 g/mol. The Kier molecular flexibility index (Phi) is 6.09. The SMILES string of the molecule is CCCn1cncc1CCCCNCC. The molecule has 15 heavy (non-hydrogen) atoms. The highest BCUT2D eigenvalue weighted by molar-refractivity contribution is 4.98. The first-order valence-electron chi connectivity index (χ1n) is 6.08. The van der Waals surface area contributed by atoms with Crippen LogP contribution in [0.5, 0.6) is 0 Å². The highest BCUT2D eigenvalue weighted by Gasteiger charge is 2.00. The molecular formula is C12H23N3. The standard InChI is InChI=1S/C12H23N3/c1-3-9-15-11-14-10-12(15)7-5-6-8-13-4-2/h10-11,13H,3-9H2,1-2H3. The van der Waals surface area contributed by atoms with Gasteiger partial charge in [-0.1, -0.05) is 13.8 Å². The summed E-state index contributed by atoms with van der Waals surface area (Å²) < 4.78 is 2.27. The zero-order valence-electron chi connectivity index (χ0n) is 10.00. The van der Waals surface area contributed by atoms with E-state index >= 15 is 0 Å². The second-order valence-corrected chi connectivity index (χ2v) is 3.89. The minimum atomic E-state index is 1.08. The van der Waals surface area contributed by atoms with Crippen molar-refractivity contribution in [3.63, 3.8) is 0 Å². The summed E-state index contributed by atoms with van der Waals surface area (Å²) in [4.78, 5) is 4.20. The van der Waals surface area contributed by atoms with Crippen LogP contribution in [0.15, 0.2) is 12.5 Å². The van der Waals surface area contributed by atoms with E-state index in [1.807, 2.05) is 12.5 Å². The number of aromatic nitrogens is 2. The molecule has 86 valence electrons. The minimum absolute atomic E-state index is 1.08. The molecule has 0 unspecified atom stereocenters. The van der Waals surface area contributed by atoms with Crippen molar-refractivity contribution in [1.82, 2.24) is 14.9 Å². The Bertz CT molecular complexity index is 255. The molecule has 0 radical (unpaired) electrons. The van der Waals surface area contributed by atoms with Crippen LogP contribution in [0, 0.1) is 0 Å². The number of rotatable bonds is 8. The average molecular weight is 209 g/mol. The van der Waals surface area contributed by atoms with Crippen LogP contribution in [-0.4, -0.2) is 22.6 Å². The van der Waals surface area contributed by atoms with Crippen molar-refractivity contribution in [3.8, 4) is 0 Å². The molecule has 1 aromatic rings. The van der Waals surface area contributed by atoms with E-state index in [0.717, 1.165) is 26.1 Å². The topological polar surface area (TPSA) is 29.9 Å². The Morgan fingerprint density at radius 2 is 2.20 bits per heavy atom.